The summed E-state index contributed by atoms with van der Waals surface area (Å²) < 4.78 is 0. The van der Waals surface area contributed by atoms with Gasteiger partial charge in [-0.15, -0.1) is 0 Å². The fourth-order valence-electron chi connectivity index (χ4n) is 0.370. The number of oxime groups is 1. The Labute approximate surface area is 81.8 Å². The predicted octanol–water partition coefficient (Wildman–Crippen LogP) is -0.507. The average molecular weight is 222 g/mol. The Morgan fingerprint density at radius 1 is 1.27 bits per heavy atom. The molecule has 0 aliphatic carbocycles. The second-order valence-corrected chi connectivity index (χ2v) is 2.34. The lowest BCUT2D eigenvalue weighted by Gasteiger charge is -2.07. The summed E-state index contributed by atoms with van der Waals surface area (Å²) in [5.41, 5.74) is 0. The Balaban J connectivity index is 4.45. The molecule has 0 unspecified atom stereocenters. The third-order valence-corrected chi connectivity index (χ3v) is 1.21. The topological polar surface area (TPSA) is 151 Å². The molecule has 0 heterocycles. The van der Waals surface area contributed by atoms with Crippen molar-refractivity contribution in [2.75, 3.05) is 6.54 Å². The molecule has 0 spiro atoms. The predicted molar refractivity (Wildman–Crippen MR) is 43.8 cm³/mol. The van der Waals surface area contributed by atoms with Crippen molar-refractivity contribution in [3.63, 3.8) is 0 Å². The average Bonchev–Trinajstić information content (AvgIpc) is 2.10. The van der Waals surface area contributed by atoms with Crippen LogP contribution in [0.2, 0.25) is 0 Å². The Morgan fingerprint density at radius 3 is 2.07 bits per heavy atom. The van der Waals surface area contributed by atoms with Gasteiger partial charge >= 0.3 is 5.85 Å². The van der Waals surface area contributed by atoms with Crippen LogP contribution in [0.5, 0.6) is 0 Å². The molecule has 11 nitrogen and oxygen atoms in total. The molecule has 0 amide bonds. The monoisotopic (exact) mass is 222 g/mol. The second-order valence-electron chi connectivity index (χ2n) is 2.34. The summed E-state index contributed by atoms with van der Waals surface area (Å²) in [5.74, 6) is -2.94. The van der Waals surface area contributed by atoms with E-state index in [1.165, 1.54) is 0 Å². The van der Waals surface area contributed by atoms with E-state index in [2.05, 4.69) is 9.99 Å². The van der Waals surface area contributed by atoms with E-state index in [0.717, 1.165) is 0 Å². The SMILES string of the molecule is CC(O/N=C/C[N+](=O)[O-])([N+](=O)[O-])[N+](=O)[O-]. The van der Waals surface area contributed by atoms with Crippen molar-refractivity contribution in [1.82, 2.24) is 0 Å². The Hall–Kier alpha value is -2.33. The summed E-state index contributed by atoms with van der Waals surface area (Å²) in [4.78, 5) is 30.8. The summed E-state index contributed by atoms with van der Waals surface area (Å²) in [6.45, 7) is -0.179. The van der Waals surface area contributed by atoms with Crippen LogP contribution in [0.25, 0.3) is 0 Å². The molecule has 0 aliphatic rings. The molecule has 0 radical (unpaired) electrons. The van der Waals surface area contributed by atoms with Gasteiger partial charge in [0.15, 0.2) is 0 Å². The van der Waals surface area contributed by atoms with Gasteiger partial charge in [0, 0.05) is 4.92 Å². The van der Waals surface area contributed by atoms with Crippen molar-refractivity contribution in [3.8, 4) is 0 Å². The van der Waals surface area contributed by atoms with Gasteiger partial charge in [0.2, 0.25) is 6.54 Å². The number of hydrogen-bond donors (Lipinski definition) is 0. The Morgan fingerprint density at radius 2 is 1.73 bits per heavy atom. The van der Waals surface area contributed by atoms with Crippen molar-refractivity contribution >= 4 is 6.21 Å². The quantitative estimate of drug-likeness (QED) is 0.254. The third kappa shape index (κ3) is 3.50. The maximum Gasteiger partial charge on any atom is 0.635 e. The van der Waals surface area contributed by atoms with Gasteiger partial charge in [0.25, 0.3) is 0 Å². The number of rotatable bonds is 6. The van der Waals surface area contributed by atoms with E-state index in [4.69, 9.17) is 0 Å². The van der Waals surface area contributed by atoms with Crippen LogP contribution in [0.15, 0.2) is 5.16 Å². The molecule has 0 aliphatic heterocycles. The molecule has 11 heteroatoms. The van der Waals surface area contributed by atoms with Crippen LogP contribution in [0.1, 0.15) is 6.92 Å². The normalized spacial score (nSPS) is 11.3. The van der Waals surface area contributed by atoms with Crippen LogP contribution in [-0.4, -0.2) is 33.4 Å². The lowest BCUT2D eigenvalue weighted by molar-refractivity contribution is -0.846. The Kier molecular flexibility index (Phi) is 4.04. The first kappa shape index (κ1) is 12.7. The van der Waals surface area contributed by atoms with E-state index in [1.54, 1.807) is 0 Å². The summed E-state index contributed by atoms with van der Waals surface area (Å²) in [5, 5.41) is 33.0. The first-order valence-corrected chi connectivity index (χ1v) is 3.41. The smallest absolute Gasteiger partial charge is 0.264 e. The lowest BCUT2D eigenvalue weighted by Crippen LogP contribution is -2.44. The molecular formula is C4H6N4O7. The van der Waals surface area contributed by atoms with Gasteiger partial charge in [-0.3, -0.25) is 35.2 Å². The van der Waals surface area contributed by atoms with Gasteiger partial charge in [-0.25, -0.2) is 0 Å². The zero-order chi connectivity index (χ0) is 12.1. The minimum atomic E-state index is -2.94. The fraction of sp³-hybridized carbons (Fsp3) is 0.750. The summed E-state index contributed by atoms with van der Waals surface area (Å²) in [6, 6.07) is 0. The maximum absolute atomic E-state index is 10.2. The van der Waals surface area contributed by atoms with Crippen LogP contribution >= 0.6 is 0 Å². The number of nitrogens with zero attached hydrogens (tertiary/aromatic N) is 4. The largest absolute Gasteiger partial charge is 0.635 e. The van der Waals surface area contributed by atoms with Gasteiger partial charge in [-0.1, -0.05) is 5.16 Å². The minimum absolute atomic E-state index is 0.566. The van der Waals surface area contributed by atoms with Crippen molar-refractivity contribution in [3.05, 3.63) is 30.3 Å². The summed E-state index contributed by atoms with van der Waals surface area (Å²) in [6.07, 6.45) is 0.575. The lowest BCUT2D eigenvalue weighted by atomic mass is 10.5. The molecule has 84 valence electrons. The highest BCUT2D eigenvalue weighted by molar-refractivity contribution is 5.57. The molecule has 0 N–H and O–H groups in total. The maximum atomic E-state index is 10.2. The van der Waals surface area contributed by atoms with Crippen molar-refractivity contribution < 1.29 is 19.6 Å². The van der Waals surface area contributed by atoms with E-state index in [-0.39, 0.29) is 0 Å². The zero-order valence-electron chi connectivity index (χ0n) is 7.43. The van der Waals surface area contributed by atoms with E-state index in [1.807, 2.05) is 0 Å². The molecule has 0 bridgehead atoms. The van der Waals surface area contributed by atoms with Crippen molar-refractivity contribution in [2.24, 2.45) is 5.16 Å². The van der Waals surface area contributed by atoms with Crippen LogP contribution in [0.4, 0.5) is 0 Å². The molecule has 0 rings (SSSR count). The van der Waals surface area contributed by atoms with Gasteiger partial charge < -0.3 is 0 Å². The van der Waals surface area contributed by atoms with E-state index in [0.29, 0.717) is 13.1 Å². The highest BCUT2D eigenvalue weighted by atomic mass is 16.8. The van der Waals surface area contributed by atoms with Crippen molar-refractivity contribution in [1.29, 1.82) is 0 Å². The third-order valence-electron chi connectivity index (χ3n) is 1.21. The minimum Gasteiger partial charge on any atom is -0.264 e. The molecule has 0 saturated heterocycles. The molecule has 0 atom stereocenters. The van der Waals surface area contributed by atoms with Gasteiger partial charge in [0.1, 0.15) is 23.0 Å². The molecule has 15 heavy (non-hydrogen) atoms. The number of nitro groups is 3. The first-order chi connectivity index (χ1) is 6.80. The summed E-state index contributed by atoms with van der Waals surface area (Å²) >= 11 is 0. The van der Waals surface area contributed by atoms with Crippen LogP contribution < -0.4 is 0 Å². The highest BCUT2D eigenvalue weighted by Gasteiger charge is 2.55. The van der Waals surface area contributed by atoms with Crippen molar-refractivity contribution in [2.45, 2.75) is 12.8 Å². The van der Waals surface area contributed by atoms with Gasteiger partial charge in [-0.2, -0.15) is 0 Å². The molecule has 0 aromatic rings. The Bertz CT molecular complexity index is 298. The van der Waals surface area contributed by atoms with E-state index >= 15 is 0 Å². The standard InChI is InChI=1S/C4H6N4O7/c1-4(7(11)12,8(13)14)15-5-2-3-6(9)10/h2H,3H2,1H3/b5-2+. The number of hydrogen-bond acceptors (Lipinski definition) is 8. The van der Waals surface area contributed by atoms with Gasteiger partial charge in [0.05, 0.1) is 0 Å². The van der Waals surface area contributed by atoms with E-state index in [9.17, 15) is 30.3 Å². The fourth-order valence-corrected chi connectivity index (χ4v) is 0.370. The van der Waals surface area contributed by atoms with E-state index < -0.39 is 27.2 Å². The molecule has 0 fully saturated rings. The van der Waals surface area contributed by atoms with Gasteiger partial charge in [-0.05, 0) is 0 Å². The summed E-state index contributed by atoms with van der Waals surface area (Å²) in [7, 11) is 0. The molecule has 0 aromatic carbocycles. The second kappa shape index (κ2) is 4.78. The highest BCUT2D eigenvalue weighted by Crippen LogP contribution is 2.11. The first-order valence-electron chi connectivity index (χ1n) is 3.41. The van der Waals surface area contributed by atoms with Crippen LogP contribution in [0, 0.1) is 30.3 Å². The molecular weight excluding hydrogens is 216 g/mol. The van der Waals surface area contributed by atoms with Crippen LogP contribution in [0.3, 0.4) is 0 Å². The van der Waals surface area contributed by atoms with Crippen LogP contribution in [-0.2, 0) is 4.84 Å². The molecule has 0 saturated carbocycles. The molecule has 0 aromatic heterocycles. The zero-order valence-corrected chi connectivity index (χ0v) is 7.43.